The predicted octanol–water partition coefficient (Wildman–Crippen LogP) is 5.91. The third-order valence-electron chi connectivity index (χ3n) is 6.36. The van der Waals surface area contributed by atoms with Gasteiger partial charge in [0, 0.05) is 11.1 Å². The zero-order valence-corrected chi connectivity index (χ0v) is 18.0. The largest absolute Gasteiger partial charge is 0.478 e. The summed E-state index contributed by atoms with van der Waals surface area (Å²) in [5.74, 6) is -0.969. The molecule has 1 aliphatic rings. The van der Waals surface area contributed by atoms with Gasteiger partial charge in [-0.25, -0.2) is 4.79 Å². The van der Waals surface area contributed by atoms with Gasteiger partial charge in [0.05, 0.1) is 5.56 Å². The molecule has 3 rings (SSSR count). The van der Waals surface area contributed by atoms with Crippen LogP contribution in [0.15, 0.2) is 41.6 Å². The minimum absolute atomic E-state index is 0.0536. The van der Waals surface area contributed by atoms with Crippen molar-refractivity contribution in [2.75, 3.05) is 0 Å². The molecule has 1 aliphatic carbocycles. The van der Waals surface area contributed by atoms with Gasteiger partial charge in [0.1, 0.15) is 5.71 Å². The summed E-state index contributed by atoms with van der Waals surface area (Å²) in [5.41, 5.74) is 6.40. The van der Waals surface area contributed by atoms with Gasteiger partial charge in [-0.2, -0.15) is 0 Å². The van der Waals surface area contributed by atoms with Gasteiger partial charge < -0.3 is 10.3 Å². The molecule has 4 nitrogen and oxygen atoms in total. The van der Waals surface area contributed by atoms with Crippen LogP contribution in [-0.4, -0.2) is 22.0 Å². The zero-order valence-electron chi connectivity index (χ0n) is 18.0. The molecule has 0 bridgehead atoms. The summed E-state index contributed by atoms with van der Waals surface area (Å²) in [5, 5.41) is 22.7. The fourth-order valence-electron chi connectivity index (χ4n) is 4.39. The normalized spacial score (nSPS) is 17.6. The van der Waals surface area contributed by atoms with Crippen LogP contribution in [0.4, 0.5) is 0 Å². The van der Waals surface area contributed by atoms with Gasteiger partial charge in [-0.15, -0.1) is 0 Å². The van der Waals surface area contributed by atoms with Crippen molar-refractivity contribution in [2.24, 2.45) is 5.16 Å². The van der Waals surface area contributed by atoms with Gasteiger partial charge in [0.15, 0.2) is 0 Å². The van der Waals surface area contributed by atoms with Crippen molar-refractivity contribution >= 4 is 11.7 Å². The Morgan fingerprint density at radius 2 is 1.48 bits per heavy atom. The number of nitrogens with zero attached hydrogens (tertiary/aromatic N) is 1. The van der Waals surface area contributed by atoms with Crippen molar-refractivity contribution in [2.45, 2.75) is 71.1 Å². The lowest BCUT2D eigenvalue weighted by Gasteiger charge is -2.42. The minimum atomic E-state index is -0.969. The van der Waals surface area contributed by atoms with Crippen molar-refractivity contribution < 1.29 is 15.1 Å². The Labute approximate surface area is 173 Å². The van der Waals surface area contributed by atoms with E-state index in [2.05, 4.69) is 51.9 Å². The quantitative estimate of drug-likeness (QED) is 0.377. The van der Waals surface area contributed by atoms with E-state index in [4.69, 9.17) is 5.11 Å². The molecule has 0 unspecified atom stereocenters. The van der Waals surface area contributed by atoms with Crippen LogP contribution in [0.2, 0.25) is 0 Å². The highest BCUT2D eigenvalue weighted by Crippen LogP contribution is 2.47. The first kappa shape index (κ1) is 21.1. The highest BCUT2D eigenvalue weighted by Gasteiger charge is 2.38. The summed E-state index contributed by atoms with van der Waals surface area (Å²) >= 11 is 0. The average Bonchev–Trinajstić information content (AvgIpc) is 2.67. The Balaban J connectivity index is 2.20. The number of carboxylic acid groups (broad SMARTS) is 1. The maximum atomic E-state index is 11.2. The molecule has 0 heterocycles. The van der Waals surface area contributed by atoms with Crippen LogP contribution in [-0.2, 0) is 17.3 Å². The first-order chi connectivity index (χ1) is 13.6. The van der Waals surface area contributed by atoms with E-state index >= 15 is 0 Å². The van der Waals surface area contributed by atoms with Gasteiger partial charge >= 0.3 is 5.97 Å². The molecule has 0 saturated heterocycles. The van der Waals surface area contributed by atoms with Crippen LogP contribution in [0, 0.1) is 0 Å². The highest BCUT2D eigenvalue weighted by molar-refractivity contribution is 6.14. The summed E-state index contributed by atoms with van der Waals surface area (Å²) in [6, 6.07) is 11.0. The van der Waals surface area contributed by atoms with Crippen LogP contribution in [0.5, 0.6) is 0 Å². The first-order valence-electron chi connectivity index (χ1n) is 10.3. The van der Waals surface area contributed by atoms with E-state index in [9.17, 15) is 10.0 Å². The number of oxime groups is 1. The van der Waals surface area contributed by atoms with E-state index in [0.29, 0.717) is 11.3 Å². The first-order valence-corrected chi connectivity index (χ1v) is 10.3. The van der Waals surface area contributed by atoms with Gasteiger partial charge in [-0.05, 0) is 65.0 Å². The lowest BCUT2D eigenvalue weighted by Crippen LogP contribution is -2.34. The van der Waals surface area contributed by atoms with Crippen LogP contribution >= 0.6 is 0 Å². The summed E-state index contributed by atoms with van der Waals surface area (Å²) in [4.78, 5) is 11.2. The van der Waals surface area contributed by atoms with E-state index in [-0.39, 0.29) is 16.4 Å². The zero-order chi connectivity index (χ0) is 21.4. The van der Waals surface area contributed by atoms with Crippen molar-refractivity contribution in [3.8, 4) is 0 Å². The van der Waals surface area contributed by atoms with Crippen LogP contribution in [0.1, 0.15) is 92.1 Å². The molecule has 0 saturated carbocycles. The van der Waals surface area contributed by atoms with Gasteiger partial charge in [-0.1, -0.05) is 64.4 Å². The van der Waals surface area contributed by atoms with Gasteiger partial charge in [0.25, 0.3) is 0 Å². The topological polar surface area (TPSA) is 69.9 Å². The molecule has 29 heavy (non-hydrogen) atoms. The third kappa shape index (κ3) is 3.93. The van der Waals surface area contributed by atoms with Gasteiger partial charge in [0.2, 0.25) is 0 Å². The number of carboxylic acids is 1. The lowest BCUT2D eigenvalue weighted by molar-refractivity contribution is 0.0697. The number of benzene rings is 2. The predicted molar refractivity (Wildman–Crippen MR) is 117 cm³/mol. The maximum Gasteiger partial charge on any atom is 0.335 e. The number of hydrogen-bond acceptors (Lipinski definition) is 3. The second-order valence-electron chi connectivity index (χ2n) is 9.40. The van der Waals surface area contributed by atoms with E-state index < -0.39 is 5.97 Å². The standard InChI is InChI=1S/C25H31NO3/c1-6-7-18-14-20-21(25(4,5)13-12-24(20,2)3)15-19(18)22(26-29)16-8-10-17(11-9-16)23(27)28/h8-11,14-15,29H,6-7,12-13H2,1-5H3,(H,27,28). The fourth-order valence-corrected chi connectivity index (χ4v) is 4.39. The molecule has 0 atom stereocenters. The number of aryl methyl sites for hydroxylation is 1. The molecular formula is C25H31NO3. The van der Waals surface area contributed by atoms with Crippen molar-refractivity contribution in [1.82, 2.24) is 0 Å². The van der Waals surface area contributed by atoms with Crippen molar-refractivity contribution in [3.63, 3.8) is 0 Å². The number of rotatable bonds is 5. The molecule has 0 spiro atoms. The number of fused-ring (bicyclic) bond motifs is 1. The van der Waals surface area contributed by atoms with Crippen molar-refractivity contribution in [1.29, 1.82) is 0 Å². The monoisotopic (exact) mass is 393 g/mol. The molecule has 154 valence electrons. The summed E-state index contributed by atoms with van der Waals surface area (Å²) in [6.45, 7) is 11.3. The molecule has 2 aromatic carbocycles. The number of aromatic carboxylic acids is 1. The Bertz CT molecular complexity index is 953. The Morgan fingerprint density at radius 3 is 1.97 bits per heavy atom. The fraction of sp³-hybridized carbons (Fsp3) is 0.440. The van der Waals surface area contributed by atoms with Crippen LogP contribution in [0.3, 0.4) is 0 Å². The Kier molecular flexibility index (Phi) is 5.57. The van der Waals surface area contributed by atoms with Gasteiger partial charge in [-0.3, -0.25) is 0 Å². The molecule has 0 radical (unpaired) electrons. The summed E-state index contributed by atoms with van der Waals surface area (Å²) < 4.78 is 0. The molecule has 0 amide bonds. The molecular weight excluding hydrogens is 362 g/mol. The molecule has 2 N–H and O–H groups in total. The van der Waals surface area contributed by atoms with Crippen LogP contribution in [0.25, 0.3) is 0 Å². The minimum Gasteiger partial charge on any atom is -0.478 e. The number of carbonyl (C=O) groups is 1. The Morgan fingerprint density at radius 1 is 0.966 bits per heavy atom. The van der Waals surface area contributed by atoms with E-state index in [1.807, 2.05) is 0 Å². The number of hydrogen-bond donors (Lipinski definition) is 2. The van der Waals surface area contributed by atoms with Crippen molar-refractivity contribution in [3.05, 3.63) is 69.8 Å². The SMILES string of the molecule is CCCc1cc2c(cc1C(=NO)c1ccc(C(=O)O)cc1)C(C)(C)CCC2(C)C. The second-order valence-corrected chi connectivity index (χ2v) is 9.40. The third-order valence-corrected chi connectivity index (χ3v) is 6.36. The highest BCUT2D eigenvalue weighted by atomic mass is 16.4. The molecule has 0 aliphatic heterocycles. The van der Waals surface area contributed by atoms with E-state index in [1.54, 1.807) is 24.3 Å². The average molecular weight is 394 g/mol. The summed E-state index contributed by atoms with van der Waals surface area (Å²) in [7, 11) is 0. The smallest absolute Gasteiger partial charge is 0.335 e. The maximum absolute atomic E-state index is 11.2. The van der Waals surface area contributed by atoms with E-state index in [0.717, 1.165) is 31.2 Å². The molecule has 4 heteroatoms. The Hall–Kier alpha value is -2.62. The van der Waals surface area contributed by atoms with E-state index in [1.165, 1.54) is 16.7 Å². The molecule has 0 fully saturated rings. The summed E-state index contributed by atoms with van der Waals surface area (Å²) in [6.07, 6.45) is 4.14. The molecule has 0 aromatic heterocycles. The van der Waals surface area contributed by atoms with Crippen LogP contribution < -0.4 is 0 Å². The lowest BCUT2D eigenvalue weighted by atomic mass is 9.62. The second kappa shape index (κ2) is 7.66. The molecule has 2 aromatic rings.